The summed E-state index contributed by atoms with van der Waals surface area (Å²) >= 11 is 0. The molecule has 0 saturated carbocycles. The predicted octanol–water partition coefficient (Wildman–Crippen LogP) is 0.743. The number of benzene rings is 1. The van der Waals surface area contributed by atoms with Crippen LogP contribution < -0.4 is 4.72 Å². The second-order valence-electron chi connectivity index (χ2n) is 4.21. The molecule has 0 bridgehead atoms. The Morgan fingerprint density at radius 2 is 1.82 bits per heavy atom. The van der Waals surface area contributed by atoms with Crippen molar-refractivity contribution < 1.29 is 27.7 Å². The zero-order valence-electron chi connectivity index (χ0n) is 11.6. The van der Waals surface area contributed by atoms with Crippen LogP contribution in [0.4, 0.5) is 5.69 Å². The molecule has 1 amide bonds. The summed E-state index contributed by atoms with van der Waals surface area (Å²) in [6.07, 6.45) is -0.0168. The third kappa shape index (κ3) is 5.13. The summed E-state index contributed by atoms with van der Waals surface area (Å²) in [5, 5.41) is 10.5. The molecule has 1 aromatic rings. The molecule has 1 rings (SSSR count). The average Bonchev–Trinajstić information content (AvgIpc) is 2.46. The Kier molecular flexibility index (Phi) is 5.99. The Bertz CT molecular complexity index is 667. The van der Waals surface area contributed by atoms with Crippen LogP contribution in [0.15, 0.2) is 29.2 Å². The number of esters is 1. The van der Waals surface area contributed by atoms with Gasteiger partial charge in [-0.1, -0.05) is 0 Å². The number of nitro benzene ring substituents is 1. The van der Waals surface area contributed by atoms with Gasteiger partial charge in [-0.2, -0.15) is 0 Å². The second kappa shape index (κ2) is 7.50. The monoisotopic (exact) mass is 330 g/mol. The van der Waals surface area contributed by atoms with Crippen molar-refractivity contribution in [2.45, 2.75) is 24.2 Å². The van der Waals surface area contributed by atoms with E-state index in [0.29, 0.717) is 0 Å². The van der Waals surface area contributed by atoms with E-state index in [2.05, 4.69) is 4.74 Å². The molecule has 9 nitrogen and oxygen atoms in total. The van der Waals surface area contributed by atoms with E-state index >= 15 is 0 Å². The number of amides is 1. The van der Waals surface area contributed by atoms with Crippen LogP contribution in [-0.2, 0) is 24.3 Å². The standard InChI is InChI=1S/C12H14N2O7S/c1-21-12(16)4-2-3-11(15)13-22(19,20)10-7-5-9(6-8-10)14(17)18/h5-8H,2-4H2,1H3,(H,13,15). The van der Waals surface area contributed by atoms with Crippen LogP contribution in [0.2, 0.25) is 0 Å². The fourth-order valence-electron chi connectivity index (χ4n) is 1.50. The summed E-state index contributed by atoms with van der Waals surface area (Å²) < 4.78 is 30.0. The van der Waals surface area contributed by atoms with Crippen LogP contribution in [0.3, 0.4) is 0 Å². The minimum atomic E-state index is -4.10. The number of sulfonamides is 1. The van der Waals surface area contributed by atoms with Gasteiger partial charge in [-0.3, -0.25) is 19.7 Å². The first-order valence-corrected chi connectivity index (χ1v) is 7.61. The highest BCUT2D eigenvalue weighted by molar-refractivity contribution is 7.90. The smallest absolute Gasteiger partial charge is 0.305 e. The van der Waals surface area contributed by atoms with Gasteiger partial charge in [0.25, 0.3) is 15.7 Å². The van der Waals surface area contributed by atoms with Gasteiger partial charge in [0.2, 0.25) is 5.91 Å². The van der Waals surface area contributed by atoms with Crippen LogP contribution >= 0.6 is 0 Å². The van der Waals surface area contributed by atoms with Crippen molar-refractivity contribution in [3.63, 3.8) is 0 Å². The lowest BCUT2D eigenvalue weighted by molar-refractivity contribution is -0.384. The first-order chi connectivity index (χ1) is 10.3. The zero-order valence-corrected chi connectivity index (χ0v) is 12.5. The summed E-state index contributed by atoms with van der Waals surface area (Å²) in [5.41, 5.74) is -0.261. The molecule has 1 aromatic carbocycles. The highest BCUT2D eigenvalue weighted by Crippen LogP contribution is 2.15. The van der Waals surface area contributed by atoms with E-state index in [1.807, 2.05) is 4.72 Å². The van der Waals surface area contributed by atoms with Crippen molar-refractivity contribution in [2.75, 3.05) is 7.11 Å². The molecule has 22 heavy (non-hydrogen) atoms. The highest BCUT2D eigenvalue weighted by Gasteiger charge is 2.18. The first kappa shape index (κ1) is 17.6. The average molecular weight is 330 g/mol. The van der Waals surface area contributed by atoms with Crippen LogP contribution in [0.25, 0.3) is 0 Å². The van der Waals surface area contributed by atoms with Gasteiger partial charge >= 0.3 is 5.97 Å². The van der Waals surface area contributed by atoms with Gasteiger partial charge in [0.05, 0.1) is 16.9 Å². The van der Waals surface area contributed by atoms with Crippen molar-refractivity contribution in [2.24, 2.45) is 0 Å². The maximum Gasteiger partial charge on any atom is 0.305 e. The van der Waals surface area contributed by atoms with Crippen LogP contribution in [0.1, 0.15) is 19.3 Å². The zero-order chi connectivity index (χ0) is 16.8. The minimum Gasteiger partial charge on any atom is -0.469 e. The molecule has 0 aliphatic rings. The third-order valence-electron chi connectivity index (χ3n) is 2.62. The summed E-state index contributed by atoms with van der Waals surface area (Å²) in [6, 6.07) is 4.11. The molecule has 0 saturated heterocycles. The summed E-state index contributed by atoms with van der Waals surface area (Å²) in [4.78, 5) is 31.9. The fraction of sp³-hybridized carbons (Fsp3) is 0.333. The molecule has 0 fully saturated rings. The van der Waals surface area contributed by atoms with Crippen LogP contribution in [0, 0.1) is 10.1 Å². The number of rotatable bonds is 7. The predicted molar refractivity (Wildman–Crippen MR) is 74.3 cm³/mol. The summed E-state index contributed by atoms with van der Waals surface area (Å²) in [7, 11) is -2.89. The molecule has 0 aliphatic carbocycles. The lowest BCUT2D eigenvalue weighted by Crippen LogP contribution is -2.30. The Balaban J connectivity index is 2.64. The van der Waals surface area contributed by atoms with Gasteiger partial charge < -0.3 is 4.74 Å². The molecule has 0 atom stereocenters. The van der Waals surface area contributed by atoms with E-state index in [0.717, 1.165) is 24.3 Å². The molecule has 1 N–H and O–H groups in total. The van der Waals surface area contributed by atoms with Gasteiger partial charge in [0, 0.05) is 25.0 Å². The van der Waals surface area contributed by atoms with Crippen LogP contribution in [0.5, 0.6) is 0 Å². The highest BCUT2D eigenvalue weighted by atomic mass is 32.2. The van der Waals surface area contributed by atoms with Gasteiger partial charge in [-0.25, -0.2) is 13.1 Å². The molecule has 10 heteroatoms. The van der Waals surface area contributed by atoms with Crippen molar-refractivity contribution in [1.29, 1.82) is 0 Å². The van der Waals surface area contributed by atoms with E-state index in [-0.39, 0.29) is 29.8 Å². The SMILES string of the molecule is COC(=O)CCCC(=O)NS(=O)(=O)c1ccc([N+](=O)[O-])cc1. The summed E-state index contributed by atoms with van der Waals surface area (Å²) in [5.74, 6) is -1.27. The molecule has 120 valence electrons. The molecule has 0 heterocycles. The number of hydrogen-bond donors (Lipinski definition) is 1. The number of ether oxygens (including phenoxy) is 1. The fourth-order valence-corrected chi connectivity index (χ4v) is 2.52. The molecule has 0 radical (unpaired) electrons. The van der Waals surface area contributed by atoms with Crippen LogP contribution in [-0.4, -0.2) is 32.3 Å². The number of nitro groups is 1. The minimum absolute atomic E-state index is 0.00149. The molecule has 0 unspecified atom stereocenters. The van der Waals surface area contributed by atoms with Gasteiger partial charge in [0.15, 0.2) is 0 Å². The largest absolute Gasteiger partial charge is 0.469 e. The third-order valence-corrected chi connectivity index (χ3v) is 4.01. The topological polar surface area (TPSA) is 133 Å². The molecule has 0 spiro atoms. The van der Waals surface area contributed by atoms with E-state index in [1.54, 1.807) is 0 Å². The lowest BCUT2D eigenvalue weighted by Gasteiger charge is -2.06. The second-order valence-corrected chi connectivity index (χ2v) is 5.89. The number of nitrogens with zero attached hydrogens (tertiary/aromatic N) is 1. The van der Waals surface area contributed by atoms with Crippen molar-refractivity contribution in [1.82, 2.24) is 4.72 Å². The summed E-state index contributed by atoms with van der Waals surface area (Å²) in [6.45, 7) is 0. The van der Waals surface area contributed by atoms with E-state index in [4.69, 9.17) is 0 Å². The van der Waals surface area contributed by atoms with Gasteiger partial charge in [-0.15, -0.1) is 0 Å². The number of hydrogen-bond acceptors (Lipinski definition) is 7. The van der Waals surface area contributed by atoms with E-state index < -0.39 is 26.8 Å². The Morgan fingerprint density at radius 1 is 1.23 bits per heavy atom. The normalized spacial score (nSPS) is 10.8. The Hall–Kier alpha value is -2.49. The molecule has 0 aromatic heterocycles. The quantitative estimate of drug-likeness (QED) is 0.443. The van der Waals surface area contributed by atoms with E-state index in [1.165, 1.54) is 7.11 Å². The number of methoxy groups -OCH3 is 1. The van der Waals surface area contributed by atoms with Gasteiger partial charge in [-0.05, 0) is 18.6 Å². The number of nitrogens with one attached hydrogen (secondary N) is 1. The van der Waals surface area contributed by atoms with Crippen molar-refractivity contribution >= 4 is 27.6 Å². The molecular weight excluding hydrogens is 316 g/mol. The maximum absolute atomic E-state index is 11.9. The van der Waals surface area contributed by atoms with Crippen molar-refractivity contribution in [3.8, 4) is 0 Å². The number of carbonyl (C=O) groups excluding carboxylic acids is 2. The Morgan fingerprint density at radius 3 is 2.32 bits per heavy atom. The number of carbonyl (C=O) groups is 2. The first-order valence-electron chi connectivity index (χ1n) is 6.13. The maximum atomic E-state index is 11.9. The lowest BCUT2D eigenvalue weighted by atomic mass is 10.2. The molecule has 0 aliphatic heterocycles. The van der Waals surface area contributed by atoms with Gasteiger partial charge in [0.1, 0.15) is 0 Å². The van der Waals surface area contributed by atoms with Crippen molar-refractivity contribution in [3.05, 3.63) is 34.4 Å². The molecular formula is C12H14N2O7S. The van der Waals surface area contributed by atoms with E-state index in [9.17, 15) is 28.1 Å². The Labute approximate surface area is 126 Å². The number of non-ortho nitro benzene ring substituents is 1.